The smallest absolute Gasteiger partial charge is 0.378 e. The van der Waals surface area contributed by atoms with Crippen LogP contribution in [0.4, 0.5) is 4.79 Å². The maximum Gasteiger partial charge on any atom is 0.423 e. The Morgan fingerprint density at radius 2 is 2.20 bits per heavy atom. The molecule has 0 heterocycles. The Kier molecular flexibility index (Phi) is 5.22. The van der Waals surface area contributed by atoms with Crippen LogP contribution in [0.25, 0.3) is 0 Å². The van der Waals surface area contributed by atoms with Gasteiger partial charge in [0.1, 0.15) is 0 Å². The van der Waals surface area contributed by atoms with Crippen molar-refractivity contribution in [2.75, 3.05) is 6.54 Å². The molecule has 5 nitrogen and oxygen atoms in total. The number of nitrogens with one attached hydrogen (secondary N) is 1. The van der Waals surface area contributed by atoms with Gasteiger partial charge in [-0.05, 0) is 0 Å². The fourth-order valence-electron chi connectivity index (χ4n) is 0.327. The second-order valence-electron chi connectivity index (χ2n) is 1.45. The molecule has 0 aliphatic carbocycles. The highest BCUT2D eigenvalue weighted by molar-refractivity contribution is 14.1. The summed E-state index contributed by atoms with van der Waals surface area (Å²) < 4.78 is 4.13. The van der Waals surface area contributed by atoms with Gasteiger partial charge < -0.3 is 8.80 Å². The van der Waals surface area contributed by atoms with Gasteiger partial charge in [0.15, 0.2) is 23.0 Å². The normalized spacial score (nSPS) is 8.60. The van der Waals surface area contributed by atoms with E-state index in [9.17, 15) is 9.59 Å². The van der Waals surface area contributed by atoms with Gasteiger partial charge in [-0.2, -0.15) is 0 Å². The van der Waals surface area contributed by atoms with Crippen LogP contribution in [0, 0.1) is 0 Å². The van der Waals surface area contributed by atoms with Crippen LogP contribution >= 0.6 is 23.0 Å². The van der Waals surface area contributed by atoms with Gasteiger partial charge in [-0.15, -0.1) is 0 Å². The quantitative estimate of drug-likeness (QED) is 0.680. The summed E-state index contributed by atoms with van der Waals surface area (Å²) in [5.41, 5.74) is 5.03. The summed E-state index contributed by atoms with van der Waals surface area (Å²) in [6.07, 6.45) is -0.634. The number of halogens is 1. The van der Waals surface area contributed by atoms with E-state index in [2.05, 4.69) is 3.07 Å². The van der Waals surface area contributed by atoms with Crippen LogP contribution in [0.3, 0.4) is 0 Å². The van der Waals surface area contributed by atoms with E-state index in [0.717, 1.165) is 0 Å². The van der Waals surface area contributed by atoms with E-state index in [4.69, 9.17) is 5.73 Å². The number of amides is 2. The number of imide groups is 1. The molecule has 0 saturated carbocycles. The van der Waals surface area contributed by atoms with E-state index in [0.29, 0.717) is 0 Å². The molecular weight excluding hydrogens is 251 g/mol. The molecule has 6 heteroatoms. The number of carbonyl (C=O) groups excluding carboxylic acids is 2. The van der Waals surface area contributed by atoms with Gasteiger partial charge in [-0.1, -0.05) is 0 Å². The van der Waals surface area contributed by atoms with Gasteiger partial charge in [-0.3, -0.25) is 10.1 Å². The molecule has 0 aromatic carbocycles. The third-order valence-electron chi connectivity index (χ3n) is 0.683. The van der Waals surface area contributed by atoms with Gasteiger partial charge in [0.05, 0.1) is 0 Å². The van der Waals surface area contributed by atoms with Gasteiger partial charge >= 0.3 is 6.09 Å². The largest absolute Gasteiger partial charge is 0.423 e. The Morgan fingerprint density at radius 3 is 2.60 bits per heavy atom. The van der Waals surface area contributed by atoms with E-state index >= 15 is 0 Å². The summed E-state index contributed by atoms with van der Waals surface area (Å²) in [5.74, 6) is -0.427. The molecule has 0 fully saturated rings. The van der Waals surface area contributed by atoms with Crippen LogP contribution in [0.1, 0.15) is 6.42 Å². The maximum atomic E-state index is 10.5. The molecule has 0 saturated heterocycles. The first-order valence-electron chi connectivity index (χ1n) is 2.53. The summed E-state index contributed by atoms with van der Waals surface area (Å²) >= 11 is 1.38. The number of nitrogens with two attached hydrogens (primary N) is 1. The average molecular weight is 258 g/mol. The monoisotopic (exact) mass is 258 g/mol. The number of rotatable bonds is 2. The zero-order valence-corrected chi connectivity index (χ0v) is 7.25. The van der Waals surface area contributed by atoms with Crippen molar-refractivity contribution >= 4 is 35.0 Å². The lowest BCUT2D eigenvalue weighted by Crippen LogP contribution is -2.30. The summed E-state index contributed by atoms with van der Waals surface area (Å²) in [6, 6.07) is 0. The zero-order chi connectivity index (χ0) is 7.98. The minimum absolute atomic E-state index is 0.131. The molecule has 0 unspecified atom stereocenters. The fourth-order valence-corrected chi connectivity index (χ4v) is 0.437. The van der Waals surface area contributed by atoms with E-state index in [1.54, 1.807) is 0 Å². The van der Waals surface area contributed by atoms with E-state index in [-0.39, 0.29) is 13.0 Å². The van der Waals surface area contributed by atoms with Gasteiger partial charge in [0.2, 0.25) is 5.91 Å². The Balaban J connectivity index is 3.47. The molecule has 0 bridgehead atoms. The van der Waals surface area contributed by atoms with E-state index in [1.165, 1.54) is 23.0 Å². The third-order valence-corrected chi connectivity index (χ3v) is 1.08. The number of carbonyl (C=O) groups is 2. The van der Waals surface area contributed by atoms with E-state index < -0.39 is 12.0 Å². The SMILES string of the molecule is NCCC(=O)NC(=O)OI. The van der Waals surface area contributed by atoms with Crippen LogP contribution in [0.2, 0.25) is 0 Å². The molecule has 0 aliphatic rings. The van der Waals surface area contributed by atoms with Crippen LogP contribution in [-0.4, -0.2) is 18.5 Å². The minimum atomic E-state index is -0.765. The topological polar surface area (TPSA) is 81.4 Å². The van der Waals surface area contributed by atoms with Crippen molar-refractivity contribution in [3.05, 3.63) is 0 Å². The van der Waals surface area contributed by atoms with Crippen molar-refractivity contribution < 1.29 is 12.7 Å². The van der Waals surface area contributed by atoms with Crippen molar-refractivity contribution in [3.63, 3.8) is 0 Å². The van der Waals surface area contributed by atoms with Gasteiger partial charge in [0.25, 0.3) is 0 Å². The molecule has 2 amide bonds. The minimum Gasteiger partial charge on any atom is -0.378 e. The molecule has 0 aromatic rings. The molecule has 58 valence electrons. The predicted octanol–water partition coefficient (Wildman–Crippen LogP) is -0.0620. The first kappa shape index (κ1) is 9.63. The van der Waals surface area contributed by atoms with Crippen molar-refractivity contribution in [2.45, 2.75) is 6.42 Å². The number of hydrogen-bond acceptors (Lipinski definition) is 4. The standard InChI is InChI=1S/C4H7IN2O3/c5-10-4(9)7-3(8)1-2-6/h1-2,6H2,(H,7,8,9). The summed E-state index contributed by atoms with van der Waals surface area (Å²) in [4.78, 5) is 20.8. The summed E-state index contributed by atoms with van der Waals surface area (Å²) in [5, 5.41) is 1.94. The second-order valence-corrected chi connectivity index (χ2v) is 1.89. The average Bonchev–Trinajstić information content (AvgIpc) is 1.88. The van der Waals surface area contributed by atoms with Crippen LogP contribution in [0.5, 0.6) is 0 Å². The van der Waals surface area contributed by atoms with Crippen molar-refractivity contribution in [3.8, 4) is 0 Å². The first-order valence-corrected chi connectivity index (χ1v) is 3.41. The first-order chi connectivity index (χ1) is 4.70. The number of hydrogen-bond donors (Lipinski definition) is 2. The highest BCUT2D eigenvalue weighted by Gasteiger charge is 2.05. The molecule has 3 N–H and O–H groups in total. The lowest BCUT2D eigenvalue weighted by Gasteiger charge is -1.97. The predicted molar refractivity (Wildman–Crippen MR) is 42.3 cm³/mol. The second kappa shape index (κ2) is 5.42. The van der Waals surface area contributed by atoms with Crippen LogP contribution < -0.4 is 11.1 Å². The van der Waals surface area contributed by atoms with Crippen LogP contribution in [-0.2, 0) is 7.86 Å². The van der Waals surface area contributed by atoms with Gasteiger partial charge in [0, 0.05) is 13.0 Å². The molecule has 0 aromatic heterocycles. The van der Waals surface area contributed by atoms with Crippen molar-refractivity contribution in [1.29, 1.82) is 0 Å². The molecule has 0 rings (SSSR count). The third kappa shape index (κ3) is 4.50. The summed E-state index contributed by atoms with van der Waals surface area (Å²) in [6.45, 7) is 0.223. The fraction of sp³-hybridized carbons (Fsp3) is 0.500. The Hall–Kier alpha value is -0.370. The highest BCUT2D eigenvalue weighted by atomic mass is 127. The summed E-state index contributed by atoms with van der Waals surface area (Å²) in [7, 11) is 0. The lowest BCUT2D eigenvalue weighted by molar-refractivity contribution is -0.119. The molecule has 10 heavy (non-hydrogen) atoms. The Bertz CT molecular complexity index is 138. The zero-order valence-electron chi connectivity index (χ0n) is 5.09. The maximum absolute atomic E-state index is 10.5. The lowest BCUT2D eigenvalue weighted by atomic mass is 10.4. The van der Waals surface area contributed by atoms with Crippen molar-refractivity contribution in [1.82, 2.24) is 5.32 Å². The Morgan fingerprint density at radius 1 is 1.60 bits per heavy atom. The molecular formula is C4H7IN2O3. The molecule has 0 radical (unpaired) electrons. The Labute approximate surface area is 72.0 Å². The highest BCUT2D eigenvalue weighted by Crippen LogP contribution is 1.86. The van der Waals surface area contributed by atoms with Crippen molar-refractivity contribution in [2.24, 2.45) is 5.73 Å². The molecule has 0 atom stereocenters. The van der Waals surface area contributed by atoms with Gasteiger partial charge in [-0.25, -0.2) is 4.79 Å². The molecule has 0 spiro atoms. The van der Waals surface area contributed by atoms with Crippen LogP contribution in [0.15, 0.2) is 0 Å². The molecule has 0 aliphatic heterocycles. The van der Waals surface area contributed by atoms with E-state index in [1.807, 2.05) is 5.32 Å².